The van der Waals surface area contributed by atoms with Crippen molar-refractivity contribution >= 4 is 31.2 Å². The first-order valence-corrected chi connectivity index (χ1v) is 6.53. The van der Waals surface area contributed by atoms with Gasteiger partial charge in [0.2, 0.25) is 0 Å². The Morgan fingerprint density at radius 3 is 2.83 bits per heavy atom. The number of methoxy groups -OCH3 is 1. The van der Waals surface area contributed by atoms with Gasteiger partial charge in [0.1, 0.15) is 0 Å². The Balaban J connectivity index is 3.37. The molecule has 0 aromatic rings. The molecule has 0 aliphatic carbocycles. The lowest BCUT2D eigenvalue weighted by atomic mass is 10.3. The second-order valence-electron chi connectivity index (χ2n) is 2.02. The molecule has 2 N–H and O–H groups in total. The minimum Gasteiger partial charge on any atom is -0.379 e. The standard InChI is InChI=1S/C5H14NO3PS2/c1-3-5(8-2)4-9-10(7)6-12-11/h5-7,11H,3-4H2,1-2H3. The molecule has 2 unspecified atom stereocenters. The van der Waals surface area contributed by atoms with Crippen molar-refractivity contribution in [1.29, 1.82) is 0 Å². The fourth-order valence-corrected chi connectivity index (χ4v) is 1.99. The molecule has 74 valence electrons. The molecular weight excluding hydrogens is 217 g/mol. The topological polar surface area (TPSA) is 50.7 Å². The maximum Gasteiger partial charge on any atom is 0.264 e. The van der Waals surface area contributed by atoms with Crippen molar-refractivity contribution < 1.29 is 14.2 Å². The Morgan fingerprint density at radius 1 is 1.75 bits per heavy atom. The number of thiol groups is 1. The van der Waals surface area contributed by atoms with Crippen LogP contribution in [0.15, 0.2) is 0 Å². The van der Waals surface area contributed by atoms with Crippen molar-refractivity contribution in [2.45, 2.75) is 19.4 Å². The zero-order chi connectivity index (χ0) is 9.40. The van der Waals surface area contributed by atoms with E-state index in [-0.39, 0.29) is 6.10 Å². The molecule has 4 nitrogen and oxygen atoms in total. The van der Waals surface area contributed by atoms with Gasteiger partial charge in [-0.25, -0.2) is 0 Å². The molecule has 0 aliphatic heterocycles. The van der Waals surface area contributed by atoms with Crippen LogP contribution in [0.25, 0.3) is 0 Å². The third-order valence-corrected chi connectivity index (χ3v) is 3.37. The Hall–Kier alpha value is 0.970. The van der Waals surface area contributed by atoms with E-state index in [1.54, 1.807) is 7.11 Å². The van der Waals surface area contributed by atoms with Gasteiger partial charge in [-0.2, -0.15) is 4.49 Å². The van der Waals surface area contributed by atoms with E-state index in [2.05, 4.69) is 16.2 Å². The van der Waals surface area contributed by atoms with Crippen LogP contribution in [0.2, 0.25) is 0 Å². The minimum atomic E-state index is -1.57. The first-order chi connectivity index (χ1) is 5.74. The second-order valence-corrected chi connectivity index (χ2v) is 4.28. The summed E-state index contributed by atoms with van der Waals surface area (Å²) in [7, 11) is 1.09. The third-order valence-electron chi connectivity index (χ3n) is 1.29. The van der Waals surface area contributed by atoms with Gasteiger partial charge in [0.25, 0.3) is 8.53 Å². The zero-order valence-corrected chi connectivity index (χ0v) is 9.66. The van der Waals surface area contributed by atoms with Crippen LogP contribution in [0.4, 0.5) is 0 Å². The quantitative estimate of drug-likeness (QED) is 0.270. The van der Waals surface area contributed by atoms with Crippen molar-refractivity contribution in [2.24, 2.45) is 0 Å². The van der Waals surface area contributed by atoms with Crippen molar-refractivity contribution in [3.63, 3.8) is 0 Å². The molecule has 0 aromatic carbocycles. The van der Waals surface area contributed by atoms with Gasteiger partial charge < -0.3 is 14.2 Å². The molecule has 0 aliphatic rings. The summed E-state index contributed by atoms with van der Waals surface area (Å²) in [6.45, 7) is 2.40. The molecule has 0 rings (SSSR count). The lowest BCUT2D eigenvalue weighted by Gasteiger charge is -2.15. The molecule has 0 saturated carbocycles. The predicted octanol–water partition coefficient (Wildman–Crippen LogP) is 1.73. The summed E-state index contributed by atoms with van der Waals surface area (Å²) in [6, 6.07) is 0. The van der Waals surface area contributed by atoms with Gasteiger partial charge in [-0.3, -0.25) is 0 Å². The maximum absolute atomic E-state index is 9.10. The average Bonchev–Trinajstić information content (AvgIpc) is 2.07. The van der Waals surface area contributed by atoms with Crippen molar-refractivity contribution in [1.82, 2.24) is 4.49 Å². The molecule has 12 heavy (non-hydrogen) atoms. The summed E-state index contributed by atoms with van der Waals surface area (Å²) in [6.07, 6.45) is 0.919. The van der Waals surface area contributed by atoms with Gasteiger partial charge in [0, 0.05) is 7.11 Å². The van der Waals surface area contributed by atoms with Crippen LogP contribution >= 0.6 is 31.2 Å². The highest BCUT2D eigenvalue weighted by Crippen LogP contribution is 2.30. The summed E-state index contributed by atoms with van der Waals surface area (Å²) < 4.78 is 12.7. The van der Waals surface area contributed by atoms with Crippen LogP contribution in [0.3, 0.4) is 0 Å². The Kier molecular flexibility index (Phi) is 9.26. The number of ether oxygens (including phenoxy) is 1. The first kappa shape index (κ1) is 13.0. The van der Waals surface area contributed by atoms with Gasteiger partial charge in [0.05, 0.1) is 12.7 Å². The van der Waals surface area contributed by atoms with Gasteiger partial charge >= 0.3 is 0 Å². The largest absolute Gasteiger partial charge is 0.379 e. The lowest BCUT2D eigenvalue weighted by molar-refractivity contribution is 0.0559. The highest BCUT2D eigenvalue weighted by atomic mass is 33.1. The second kappa shape index (κ2) is 8.56. The van der Waals surface area contributed by atoms with Crippen molar-refractivity contribution in [3.8, 4) is 0 Å². The fourth-order valence-electron chi connectivity index (χ4n) is 0.568. The van der Waals surface area contributed by atoms with E-state index in [1.807, 2.05) is 6.92 Å². The molecule has 0 amide bonds. The maximum atomic E-state index is 9.10. The molecule has 2 atom stereocenters. The minimum absolute atomic E-state index is 0.0499. The van der Waals surface area contributed by atoms with E-state index in [0.29, 0.717) is 6.61 Å². The average molecular weight is 231 g/mol. The molecule has 0 spiro atoms. The molecule has 7 heteroatoms. The van der Waals surface area contributed by atoms with E-state index in [0.717, 1.165) is 17.4 Å². The summed E-state index contributed by atoms with van der Waals surface area (Å²) in [5.74, 6) is 0. The molecule has 0 radical (unpaired) electrons. The van der Waals surface area contributed by atoms with Crippen LogP contribution in [0.5, 0.6) is 0 Å². The van der Waals surface area contributed by atoms with E-state index in [9.17, 15) is 0 Å². The Bertz CT molecular complexity index is 107. The smallest absolute Gasteiger partial charge is 0.264 e. The molecule has 0 saturated heterocycles. The molecular formula is C5H14NO3PS2. The Labute approximate surface area is 83.3 Å². The van der Waals surface area contributed by atoms with Crippen LogP contribution < -0.4 is 4.49 Å². The molecule has 0 bridgehead atoms. The van der Waals surface area contributed by atoms with E-state index in [4.69, 9.17) is 14.2 Å². The van der Waals surface area contributed by atoms with Crippen molar-refractivity contribution in [3.05, 3.63) is 0 Å². The van der Waals surface area contributed by atoms with Gasteiger partial charge in [0.15, 0.2) is 0 Å². The number of rotatable bonds is 7. The normalized spacial score (nSPS) is 16.0. The van der Waals surface area contributed by atoms with E-state index in [1.165, 1.54) is 0 Å². The monoisotopic (exact) mass is 231 g/mol. The van der Waals surface area contributed by atoms with Crippen LogP contribution in [0.1, 0.15) is 13.3 Å². The van der Waals surface area contributed by atoms with Crippen LogP contribution in [-0.2, 0) is 9.26 Å². The SMILES string of the molecule is CCC(COP(O)NSS)OC. The lowest BCUT2D eigenvalue weighted by Crippen LogP contribution is -2.16. The number of hydrogen-bond acceptors (Lipinski definition) is 6. The Morgan fingerprint density at radius 2 is 2.42 bits per heavy atom. The number of nitrogens with one attached hydrogen (secondary N) is 1. The zero-order valence-electron chi connectivity index (χ0n) is 7.06. The highest BCUT2D eigenvalue weighted by Gasteiger charge is 2.09. The summed E-state index contributed by atoms with van der Waals surface area (Å²) in [4.78, 5) is 9.10. The fraction of sp³-hybridized carbons (Fsp3) is 1.00. The summed E-state index contributed by atoms with van der Waals surface area (Å²) >= 11 is 3.80. The van der Waals surface area contributed by atoms with Gasteiger partial charge in [-0.05, 0) is 17.4 Å². The molecule has 0 fully saturated rings. The summed E-state index contributed by atoms with van der Waals surface area (Å²) in [5.41, 5.74) is 0. The number of hydrogen-bond donors (Lipinski definition) is 3. The van der Waals surface area contributed by atoms with Crippen molar-refractivity contribution in [2.75, 3.05) is 13.7 Å². The summed E-state index contributed by atoms with van der Waals surface area (Å²) in [5, 5.41) is 0. The predicted molar refractivity (Wildman–Crippen MR) is 55.9 cm³/mol. The molecule has 0 heterocycles. The van der Waals surface area contributed by atoms with Gasteiger partial charge in [-0.1, -0.05) is 18.6 Å². The third kappa shape index (κ3) is 6.48. The van der Waals surface area contributed by atoms with Crippen LogP contribution in [0, 0.1) is 0 Å². The highest BCUT2D eigenvalue weighted by molar-refractivity contribution is 8.68. The first-order valence-electron chi connectivity index (χ1n) is 3.45. The van der Waals surface area contributed by atoms with E-state index >= 15 is 0 Å². The molecule has 0 aromatic heterocycles. The van der Waals surface area contributed by atoms with Gasteiger partial charge in [-0.15, -0.1) is 0 Å². The van der Waals surface area contributed by atoms with E-state index < -0.39 is 8.53 Å². The van der Waals surface area contributed by atoms with Crippen LogP contribution in [-0.4, -0.2) is 24.7 Å².